The fourth-order valence-corrected chi connectivity index (χ4v) is 3.04. The first-order valence-corrected chi connectivity index (χ1v) is 6.87. The van der Waals surface area contributed by atoms with E-state index < -0.39 is 0 Å². The summed E-state index contributed by atoms with van der Waals surface area (Å²) in [6, 6.07) is 10.0. The molecule has 0 saturated heterocycles. The molecule has 0 heterocycles. The second-order valence-corrected chi connectivity index (χ2v) is 5.60. The third-order valence-electron chi connectivity index (χ3n) is 2.38. The van der Waals surface area contributed by atoms with Crippen molar-refractivity contribution in [1.82, 2.24) is 0 Å². The molecule has 0 fully saturated rings. The molecule has 5 heteroatoms. The van der Waals surface area contributed by atoms with Crippen molar-refractivity contribution >= 4 is 56.5 Å². The number of hydrogen-bond acceptors (Lipinski definition) is 1. The minimum atomic E-state index is -0.303. The summed E-state index contributed by atoms with van der Waals surface area (Å²) in [7, 11) is 0. The molecular formula is C13H6BrCl3O. The molecule has 0 spiro atoms. The van der Waals surface area contributed by atoms with Gasteiger partial charge >= 0.3 is 0 Å². The standard InChI is InChI=1S/C13H6BrCl3O/c14-7-3-1-4-8(15)11(7)13(18)12-9(16)5-2-6-10(12)17/h1-6H. The Labute approximate surface area is 128 Å². The van der Waals surface area contributed by atoms with Crippen molar-refractivity contribution in [2.45, 2.75) is 0 Å². The quantitative estimate of drug-likeness (QED) is 0.630. The Kier molecular flexibility index (Phi) is 4.33. The van der Waals surface area contributed by atoms with Crippen LogP contribution >= 0.6 is 50.7 Å². The highest BCUT2D eigenvalue weighted by atomic mass is 79.9. The van der Waals surface area contributed by atoms with Gasteiger partial charge in [0.25, 0.3) is 0 Å². The van der Waals surface area contributed by atoms with E-state index in [-0.39, 0.29) is 11.3 Å². The van der Waals surface area contributed by atoms with Crippen molar-refractivity contribution in [3.05, 3.63) is 67.1 Å². The lowest BCUT2D eigenvalue weighted by molar-refractivity contribution is 0.103. The van der Waals surface area contributed by atoms with Gasteiger partial charge in [-0.25, -0.2) is 0 Å². The molecule has 0 unspecified atom stereocenters. The lowest BCUT2D eigenvalue weighted by Gasteiger charge is -2.09. The highest BCUT2D eigenvalue weighted by molar-refractivity contribution is 9.10. The molecule has 1 nitrogen and oxygen atoms in total. The van der Waals surface area contributed by atoms with E-state index in [1.54, 1.807) is 36.4 Å². The maximum atomic E-state index is 12.4. The average molecular weight is 364 g/mol. The summed E-state index contributed by atoms with van der Waals surface area (Å²) in [5, 5.41) is 0.962. The molecule has 92 valence electrons. The molecule has 0 aliphatic carbocycles. The molecule has 0 radical (unpaired) electrons. The third-order valence-corrected chi connectivity index (χ3v) is 3.99. The smallest absolute Gasteiger partial charge is 0.198 e. The van der Waals surface area contributed by atoms with Crippen LogP contribution in [0.2, 0.25) is 15.1 Å². The van der Waals surface area contributed by atoms with E-state index in [1.165, 1.54) is 0 Å². The van der Waals surface area contributed by atoms with Gasteiger partial charge in [0.2, 0.25) is 0 Å². The van der Waals surface area contributed by atoms with Crippen molar-refractivity contribution in [2.24, 2.45) is 0 Å². The number of carbonyl (C=O) groups excluding carboxylic acids is 1. The Morgan fingerprint density at radius 3 is 1.78 bits per heavy atom. The molecule has 0 N–H and O–H groups in total. The van der Waals surface area contributed by atoms with Gasteiger partial charge in [-0.05, 0) is 40.2 Å². The fourth-order valence-electron chi connectivity index (χ4n) is 1.55. The van der Waals surface area contributed by atoms with E-state index in [1.807, 2.05) is 0 Å². The summed E-state index contributed by atoms with van der Waals surface area (Å²) in [5.74, 6) is -0.303. The number of halogens is 4. The molecule has 0 aliphatic rings. The summed E-state index contributed by atoms with van der Waals surface area (Å²) < 4.78 is 0.607. The number of hydrogen-bond donors (Lipinski definition) is 0. The van der Waals surface area contributed by atoms with Crippen LogP contribution in [-0.4, -0.2) is 5.78 Å². The molecular weight excluding hydrogens is 358 g/mol. The fraction of sp³-hybridized carbons (Fsp3) is 0. The van der Waals surface area contributed by atoms with Crippen molar-refractivity contribution < 1.29 is 4.79 Å². The molecule has 2 aromatic carbocycles. The molecule has 0 amide bonds. The molecule has 18 heavy (non-hydrogen) atoms. The maximum absolute atomic E-state index is 12.4. The van der Waals surface area contributed by atoms with E-state index in [2.05, 4.69) is 15.9 Å². The van der Waals surface area contributed by atoms with Crippen LogP contribution in [0.5, 0.6) is 0 Å². The topological polar surface area (TPSA) is 17.1 Å². The Hall–Kier alpha value is -0.540. The molecule has 0 atom stereocenters. The van der Waals surface area contributed by atoms with Gasteiger partial charge in [-0.3, -0.25) is 4.79 Å². The largest absolute Gasteiger partial charge is 0.288 e. The lowest BCUT2D eigenvalue weighted by Crippen LogP contribution is -2.05. The lowest BCUT2D eigenvalue weighted by atomic mass is 10.0. The number of rotatable bonds is 2. The zero-order valence-electron chi connectivity index (χ0n) is 8.88. The van der Waals surface area contributed by atoms with Crippen LogP contribution in [0.1, 0.15) is 15.9 Å². The third kappa shape index (κ3) is 2.57. The first-order valence-electron chi connectivity index (χ1n) is 4.95. The van der Waals surface area contributed by atoms with Gasteiger partial charge in [0, 0.05) is 4.47 Å². The summed E-state index contributed by atoms with van der Waals surface area (Å²) in [6.45, 7) is 0. The first-order chi connectivity index (χ1) is 8.52. The minimum Gasteiger partial charge on any atom is -0.288 e. The van der Waals surface area contributed by atoms with Crippen molar-refractivity contribution in [3.8, 4) is 0 Å². The molecule has 0 aliphatic heterocycles. The van der Waals surface area contributed by atoms with E-state index in [0.29, 0.717) is 25.1 Å². The Bertz CT molecular complexity index is 532. The van der Waals surface area contributed by atoms with Crippen LogP contribution in [0.4, 0.5) is 0 Å². The predicted octanol–water partition coefficient (Wildman–Crippen LogP) is 5.64. The first kappa shape index (κ1) is 13.9. The number of ketones is 1. The Balaban J connectivity index is 2.63. The number of carbonyl (C=O) groups is 1. The minimum absolute atomic E-state index is 0.259. The predicted molar refractivity (Wildman–Crippen MR) is 79.0 cm³/mol. The van der Waals surface area contributed by atoms with Crippen LogP contribution in [0.15, 0.2) is 40.9 Å². The van der Waals surface area contributed by atoms with E-state index >= 15 is 0 Å². The van der Waals surface area contributed by atoms with Gasteiger partial charge < -0.3 is 0 Å². The van der Waals surface area contributed by atoms with Gasteiger partial charge in [0.1, 0.15) is 0 Å². The summed E-state index contributed by atoms with van der Waals surface area (Å²) >= 11 is 21.4. The van der Waals surface area contributed by atoms with Crippen LogP contribution < -0.4 is 0 Å². The summed E-state index contributed by atoms with van der Waals surface area (Å²) in [5.41, 5.74) is 0.615. The Morgan fingerprint density at radius 2 is 1.28 bits per heavy atom. The second kappa shape index (κ2) is 5.62. The van der Waals surface area contributed by atoms with Gasteiger partial charge in [-0.15, -0.1) is 0 Å². The molecule has 0 saturated carbocycles. The van der Waals surface area contributed by atoms with Crippen molar-refractivity contribution in [3.63, 3.8) is 0 Å². The SMILES string of the molecule is O=C(c1c(Cl)cccc1Cl)c1c(Cl)cccc1Br. The molecule has 0 bridgehead atoms. The highest BCUT2D eigenvalue weighted by Crippen LogP contribution is 2.32. The maximum Gasteiger partial charge on any atom is 0.198 e. The van der Waals surface area contributed by atoms with E-state index in [4.69, 9.17) is 34.8 Å². The summed E-state index contributed by atoms with van der Waals surface area (Å²) in [6.07, 6.45) is 0. The van der Waals surface area contributed by atoms with E-state index in [9.17, 15) is 4.79 Å². The van der Waals surface area contributed by atoms with Gasteiger partial charge in [0.05, 0.1) is 26.2 Å². The monoisotopic (exact) mass is 362 g/mol. The molecule has 2 rings (SSSR count). The second-order valence-electron chi connectivity index (χ2n) is 3.52. The molecule has 2 aromatic rings. The molecule has 0 aromatic heterocycles. The zero-order valence-corrected chi connectivity index (χ0v) is 12.7. The van der Waals surface area contributed by atoms with Crippen molar-refractivity contribution in [2.75, 3.05) is 0 Å². The zero-order chi connectivity index (χ0) is 13.3. The highest BCUT2D eigenvalue weighted by Gasteiger charge is 2.21. The van der Waals surface area contributed by atoms with Gasteiger partial charge in [-0.1, -0.05) is 46.9 Å². The summed E-state index contributed by atoms with van der Waals surface area (Å²) in [4.78, 5) is 12.4. The number of benzene rings is 2. The average Bonchev–Trinajstić information content (AvgIpc) is 2.28. The normalized spacial score (nSPS) is 10.4. The van der Waals surface area contributed by atoms with Crippen LogP contribution in [0, 0.1) is 0 Å². The van der Waals surface area contributed by atoms with Crippen LogP contribution in [-0.2, 0) is 0 Å². The van der Waals surface area contributed by atoms with Gasteiger partial charge in [0.15, 0.2) is 5.78 Å². The van der Waals surface area contributed by atoms with Crippen LogP contribution in [0.25, 0.3) is 0 Å². The van der Waals surface area contributed by atoms with Gasteiger partial charge in [-0.2, -0.15) is 0 Å². The van der Waals surface area contributed by atoms with E-state index in [0.717, 1.165) is 0 Å². The van der Waals surface area contributed by atoms with Crippen molar-refractivity contribution in [1.29, 1.82) is 0 Å². The Morgan fingerprint density at radius 1 is 0.833 bits per heavy atom. The van der Waals surface area contributed by atoms with Crippen LogP contribution in [0.3, 0.4) is 0 Å².